The quantitative estimate of drug-likeness (QED) is 0.292. The van der Waals surface area contributed by atoms with Crippen LogP contribution in [0.1, 0.15) is 48.8 Å². The van der Waals surface area contributed by atoms with Crippen molar-refractivity contribution in [1.29, 1.82) is 0 Å². The zero-order valence-corrected chi connectivity index (χ0v) is 20.3. The van der Waals surface area contributed by atoms with Gasteiger partial charge in [0, 0.05) is 18.9 Å². The SMILES string of the molecule is CCc1cccc2sc(N(CC3CCCO3)C(=O)CC(c3ccccc3)c3ccccc3)nc12. The molecule has 1 saturated heterocycles. The number of amides is 1. The molecule has 2 heterocycles. The van der Waals surface area contributed by atoms with E-state index in [-0.39, 0.29) is 17.9 Å². The lowest BCUT2D eigenvalue weighted by Crippen LogP contribution is -2.38. The van der Waals surface area contributed by atoms with Crippen LogP contribution in [-0.4, -0.2) is 30.1 Å². The molecule has 4 nitrogen and oxygen atoms in total. The summed E-state index contributed by atoms with van der Waals surface area (Å²) in [5.74, 6) is 0.0767. The van der Waals surface area contributed by atoms with E-state index in [2.05, 4.69) is 49.4 Å². The van der Waals surface area contributed by atoms with Crippen LogP contribution in [0, 0.1) is 0 Å². The van der Waals surface area contributed by atoms with Crippen LogP contribution in [0.4, 0.5) is 5.13 Å². The Balaban J connectivity index is 1.49. The molecule has 174 valence electrons. The Labute approximate surface area is 205 Å². The van der Waals surface area contributed by atoms with Gasteiger partial charge in [0.05, 0.1) is 22.9 Å². The maximum Gasteiger partial charge on any atom is 0.229 e. The first-order valence-electron chi connectivity index (χ1n) is 12.1. The predicted molar refractivity (Wildman–Crippen MR) is 140 cm³/mol. The molecule has 0 bridgehead atoms. The van der Waals surface area contributed by atoms with Crippen LogP contribution in [0.5, 0.6) is 0 Å². The number of aryl methyl sites for hydroxylation is 1. The third kappa shape index (κ3) is 4.91. The number of para-hydroxylation sites is 1. The monoisotopic (exact) mass is 470 g/mol. The summed E-state index contributed by atoms with van der Waals surface area (Å²) in [6.45, 7) is 3.47. The van der Waals surface area contributed by atoms with Crippen LogP contribution in [0.25, 0.3) is 10.2 Å². The summed E-state index contributed by atoms with van der Waals surface area (Å²) in [7, 11) is 0. The Morgan fingerprint density at radius 3 is 2.35 bits per heavy atom. The number of hydrogen-bond acceptors (Lipinski definition) is 4. The van der Waals surface area contributed by atoms with E-state index in [4.69, 9.17) is 9.72 Å². The van der Waals surface area contributed by atoms with Crippen molar-refractivity contribution < 1.29 is 9.53 Å². The number of anilines is 1. The highest BCUT2D eigenvalue weighted by atomic mass is 32.1. The number of rotatable bonds is 8. The number of carbonyl (C=O) groups excluding carboxylic acids is 1. The van der Waals surface area contributed by atoms with Crippen LogP contribution >= 0.6 is 11.3 Å². The van der Waals surface area contributed by atoms with Gasteiger partial charge < -0.3 is 4.74 Å². The standard InChI is InChI=1S/C29H30N2O2S/c1-2-21-15-9-17-26-28(21)30-29(34-26)31(20-24-16-10-18-33-24)27(32)19-25(22-11-5-3-6-12-22)23-13-7-4-8-14-23/h3-9,11-15,17,24-25H,2,10,16,18-20H2,1H3. The molecule has 4 aromatic rings. The number of nitrogens with zero attached hydrogens (tertiary/aromatic N) is 2. The van der Waals surface area contributed by atoms with Gasteiger partial charge in [0.1, 0.15) is 0 Å². The fraction of sp³-hybridized carbons (Fsp3) is 0.310. The maximum absolute atomic E-state index is 14.0. The fourth-order valence-electron chi connectivity index (χ4n) is 4.76. The van der Waals surface area contributed by atoms with Crippen LogP contribution in [-0.2, 0) is 16.0 Å². The van der Waals surface area contributed by atoms with E-state index in [9.17, 15) is 4.79 Å². The Bertz CT molecular complexity index is 1190. The van der Waals surface area contributed by atoms with Gasteiger partial charge in [-0.1, -0.05) is 91.1 Å². The number of hydrogen-bond donors (Lipinski definition) is 0. The minimum Gasteiger partial charge on any atom is -0.376 e. The molecule has 1 amide bonds. The van der Waals surface area contributed by atoms with E-state index in [1.807, 2.05) is 41.3 Å². The van der Waals surface area contributed by atoms with E-state index < -0.39 is 0 Å². The fourth-order valence-corrected chi connectivity index (χ4v) is 5.80. The first-order chi connectivity index (χ1) is 16.7. The van der Waals surface area contributed by atoms with Crippen molar-refractivity contribution in [2.75, 3.05) is 18.1 Å². The topological polar surface area (TPSA) is 42.4 Å². The zero-order valence-electron chi connectivity index (χ0n) is 19.5. The molecule has 0 radical (unpaired) electrons. The second-order valence-electron chi connectivity index (χ2n) is 8.83. The summed E-state index contributed by atoms with van der Waals surface area (Å²) in [5.41, 5.74) is 4.53. The third-order valence-electron chi connectivity index (χ3n) is 6.60. The molecule has 1 fully saturated rings. The highest BCUT2D eigenvalue weighted by Gasteiger charge is 2.29. The molecular formula is C29H30N2O2S. The van der Waals surface area contributed by atoms with Crippen LogP contribution < -0.4 is 4.90 Å². The molecule has 0 aliphatic carbocycles. The first-order valence-corrected chi connectivity index (χ1v) is 12.9. The summed E-state index contributed by atoms with van der Waals surface area (Å²) in [4.78, 5) is 20.8. The number of thiazole rings is 1. The van der Waals surface area contributed by atoms with Crippen LogP contribution in [0.3, 0.4) is 0 Å². The van der Waals surface area contributed by atoms with Gasteiger partial charge >= 0.3 is 0 Å². The normalized spacial score (nSPS) is 15.8. The van der Waals surface area contributed by atoms with E-state index in [1.165, 1.54) is 5.56 Å². The van der Waals surface area contributed by atoms with Crippen molar-refractivity contribution >= 4 is 32.6 Å². The number of aromatic nitrogens is 1. The Morgan fingerprint density at radius 1 is 1.03 bits per heavy atom. The largest absolute Gasteiger partial charge is 0.376 e. The molecule has 1 atom stereocenters. The Morgan fingerprint density at radius 2 is 1.74 bits per heavy atom. The maximum atomic E-state index is 14.0. The van der Waals surface area contributed by atoms with Crippen molar-refractivity contribution in [3.8, 4) is 0 Å². The minimum atomic E-state index is -0.0116. The van der Waals surface area contributed by atoms with Crippen molar-refractivity contribution in [3.63, 3.8) is 0 Å². The molecule has 3 aromatic carbocycles. The molecular weight excluding hydrogens is 440 g/mol. The molecule has 0 saturated carbocycles. The third-order valence-corrected chi connectivity index (χ3v) is 7.64. The van der Waals surface area contributed by atoms with Crippen LogP contribution in [0.2, 0.25) is 0 Å². The van der Waals surface area contributed by atoms with Gasteiger partial charge in [0.25, 0.3) is 0 Å². The summed E-state index contributed by atoms with van der Waals surface area (Å²) < 4.78 is 7.06. The summed E-state index contributed by atoms with van der Waals surface area (Å²) in [6, 6.07) is 26.9. The van der Waals surface area contributed by atoms with Gasteiger partial charge in [-0.2, -0.15) is 0 Å². The Hall–Kier alpha value is -3.02. The van der Waals surface area contributed by atoms with Gasteiger partial charge in [0.2, 0.25) is 5.91 Å². The summed E-state index contributed by atoms with van der Waals surface area (Å²) >= 11 is 1.60. The average molecular weight is 471 g/mol. The van der Waals surface area contributed by atoms with Gasteiger partial charge in [-0.25, -0.2) is 4.98 Å². The summed E-state index contributed by atoms with van der Waals surface area (Å²) in [6.07, 6.45) is 3.40. The van der Waals surface area contributed by atoms with E-state index in [1.54, 1.807) is 11.3 Å². The highest BCUT2D eigenvalue weighted by Crippen LogP contribution is 2.34. The number of ether oxygens (including phenoxy) is 1. The second-order valence-corrected chi connectivity index (χ2v) is 9.84. The lowest BCUT2D eigenvalue weighted by Gasteiger charge is -2.26. The number of carbonyl (C=O) groups is 1. The van der Waals surface area contributed by atoms with Crippen molar-refractivity contribution in [2.45, 2.75) is 44.6 Å². The van der Waals surface area contributed by atoms with Gasteiger partial charge in [0.15, 0.2) is 5.13 Å². The molecule has 5 rings (SSSR count). The van der Waals surface area contributed by atoms with Crippen LogP contribution in [0.15, 0.2) is 78.9 Å². The molecule has 1 aliphatic rings. The molecule has 34 heavy (non-hydrogen) atoms. The predicted octanol–water partition coefficient (Wildman–Crippen LogP) is 6.59. The second kappa shape index (κ2) is 10.5. The smallest absolute Gasteiger partial charge is 0.229 e. The van der Waals surface area contributed by atoms with Crippen molar-refractivity contribution in [3.05, 3.63) is 95.6 Å². The number of fused-ring (bicyclic) bond motifs is 1. The van der Waals surface area contributed by atoms with Gasteiger partial charge in [-0.05, 0) is 42.0 Å². The van der Waals surface area contributed by atoms with Crippen molar-refractivity contribution in [1.82, 2.24) is 4.98 Å². The average Bonchev–Trinajstić information content (AvgIpc) is 3.56. The number of benzene rings is 3. The molecule has 1 aromatic heterocycles. The first kappa shape index (κ1) is 22.8. The molecule has 1 unspecified atom stereocenters. The van der Waals surface area contributed by atoms with E-state index in [0.717, 1.165) is 52.3 Å². The molecule has 0 spiro atoms. The summed E-state index contributed by atoms with van der Waals surface area (Å²) in [5, 5.41) is 0.774. The van der Waals surface area contributed by atoms with E-state index >= 15 is 0 Å². The minimum absolute atomic E-state index is 0.0116. The van der Waals surface area contributed by atoms with Gasteiger partial charge in [-0.3, -0.25) is 9.69 Å². The zero-order chi connectivity index (χ0) is 23.3. The molecule has 0 N–H and O–H groups in total. The molecule has 5 heteroatoms. The van der Waals surface area contributed by atoms with Gasteiger partial charge in [-0.15, -0.1) is 0 Å². The lowest BCUT2D eigenvalue weighted by molar-refractivity contribution is -0.119. The molecule has 1 aliphatic heterocycles. The Kier molecular flexibility index (Phi) is 7.02. The highest BCUT2D eigenvalue weighted by molar-refractivity contribution is 7.22. The van der Waals surface area contributed by atoms with E-state index in [0.29, 0.717) is 13.0 Å². The lowest BCUT2D eigenvalue weighted by atomic mass is 9.88. The van der Waals surface area contributed by atoms with Crippen molar-refractivity contribution in [2.24, 2.45) is 0 Å².